The molecule has 12 heteroatoms. The number of carbonyl (C=O) groups excluding carboxylic acids is 1. The predicted molar refractivity (Wildman–Crippen MR) is 107 cm³/mol. The van der Waals surface area contributed by atoms with Crippen molar-refractivity contribution < 1.29 is 23.1 Å². The van der Waals surface area contributed by atoms with E-state index in [1.807, 2.05) is 0 Å². The molecule has 10 nitrogen and oxygen atoms in total. The summed E-state index contributed by atoms with van der Waals surface area (Å²) < 4.78 is 29.8. The van der Waals surface area contributed by atoms with Gasteiger partial charge in [-0.3, -0.25) is 4.52 Å². The largest absolute Gasteiger partial charge is 0.444 e. The third-order valence-electron chi connectivity index (χ3n) is 4.51. The van der Waals surface area contributed by atoms with Crippen LogP contribution in [0.25, 0.3) is 11.5 Å². The minimum absolute atomic E-state index is 0.147. The maximum Gasteiger partial charge on any atom is 0.442 e. The van der Waals surface area contributed by atoms with Crippen molar-refractivity contribution in [2.75, 3.05) is 12.3 Å². The normalized spacial score (nSPS) is 15.3. The van der Waals surface area contributed by atoms with Crippen molar-refractivity contribution in [1.29, 1.82) is 0 Å². The van der Waals surface area contributed by atoms with Gasteiger partial charge < -0.3 is 10.1 Å². The van der Waals surface area contributed by atoms with E-state index in [1.165, 1.54) is 28.5 Å². The number of thioether (sulfide) groups is 1. The number of carbonyl (C=O) groups is 1. The first-order valence-corrected chi connectivity index (χ1v) is 10.5. The van der Waals surface area contributed by atoms with Crippen molar-refractivity contribution in [2.45, 2.75) is 43.9 Å². The zero-order chi connectivity index (χ0) is 22.2. The third kappa shape index (κ3) is 4.48. The molecule has 2 heterocycles. The Morgan fingerprint density at radius 1 is 1.35 bits per heavy atom. The second kappa shape index (κ2) is 8.17. The van der Waals surface area contributed by atoms with E-state index in [4.69, 9.17) is 13.9 Å². The molecule has 0 bridgehead atoms. The molecule has 1 N–H and O–H groups in total. The van der Waals surface area contributed by atoms with Gasteiger partial charge in [0.2, 0.25) is 5.82 Å². The average molecular weight is 449 g/mol. The number of fused-ring (bicyclic) bond motifs is 1. The first-order chi connectivity index (χ1) is 14.7. The van der Waals surface area contributed by atoms with E-state index >= 15 is 0 Å². The number of rotatable bonds is 6. The summed E-state index contributed by atoms with van der Waals surface area (Å²) in [6.45, 7) is 5.65. The van der Waals surface area contributed by atoms with Crippen molar-refractivity contribution in [3.05, 3.63) is 45.7 Å². The van der Waals surface area contributed by atoms with Crippen LogP contribution in [-0.4, -0.2) is 44.0 Å². The summed E-state index contributed by atoms with van der Waals surface area (Å²) in [5, 5.41) is 14.6. The summed E-state index contributed by atoms with van der Waals surface area (Å²) in [6, 6.07) is 4.05. The second-order valence-electron chi connectivity index (χ2n) is 7.90. The fourth-order valence-corrected chi connectivity index (χ4v) is 3.94. The van der Waals surface area contributed by atoms with Gasteiger partial charge in [0.25, 0.3) is 0 Å². The summed E-state index contributed by atoms with van der Waals surface area (Å²) in [6.07, 6.45) is 0.0185. The molecule has 31 heavy (non-hydrogen) atoms. The molecule has 0 spiro atoms. The summed E-state index contributed by atoms with van der Waals surface area (Å²) in [5.41, 5.74) is 1.29. The van der Waals surface area contributed by atoms with Gasteiger partial charge in [-0.2, -0.15) is 0 Å². The fourth-order valence-electron chi connectivity index (χ4n) is 3.20. The molecule has 1 atom stereocenters. The SMILES string of the molecule is CC(C)(C)OC(=O)NCCSc1nonc1-c1noc(=O)n1C1Cc2ccc(F)cc21. The minimum Gasteiger partial charge on any atom is -0.444 e. The Balaban J connectivity index is 1.46. The molecule has 1 aromatic carbocycles. The van der Waals surface area contributed by atoms with Gasteiger partial charge in [0.05, 0.1) is 6.04 Å². The fraction of sp³-hybridized carbons (Fsp3) is 0.421. The highest BCUT2D eigenvalue weighted by molar-refractivity contribution is 7.99. The van der Waals surface area contributed by atoms with E-state index in [0.29, 0.717) is 29.3 Å². The van der Waals surface area contributed by atoms with Crippen LogP contribution in [0.1, 0.15) is 37.9 Å². The molecule has 0 radical (unpaired) electrons. The van der Waals surface area contributed by atoms with Gasteiger partial charge in [-0.05, 0) is 60.8 Å². The van der Waals surface area contributed by atoms with Gasteiger partial charge in [-0.1, -0.05) is 23.0 Å². The molecule has 0 aliphatic heterocycles. The molecular formula is C19H20FN5O5S. The lowest BCUT2D eigenvalue weighted by Gasteiger charge is -2.30. The number of nitrogens with zero attached hydrogens (tertiary/aromatic N) is 4. The molecule has 1 aliphatic carbocycles. The topological polar surface area (TPSA) is 125 Å². The average Bonchev–Trinajstić information content (AvgIpc) is 3.27. The van der Waals surface area contributed by atoms with Crippen LogP contribution in [0.2, 0.25) is 0 Å². The Labute approximate surface area is 180 Å². The molecule has 0 fully saturated rings. The van der Waals surface area contributed by atoms with Crippen LogP contribution in [0.5, 0.6) is 0 Å². The number of amides is 1. The summed E-state index contributed by atoms with van der Waals surface area (Å²) in [5.74, 6) is -0.472. The molecule has 3 aromatic rings. The highest BCUT2D eigenvalue weighted by atomic mass is 32.2. The first-order valence-electron chi connectivity index (χ1n) is 9.52. The van der Waals surface area contributed by atoms with Crippen LogP contribution >= 0.6 is 11.8 Å². The number of halogens is 1. The Hall–Kier alpha value is -3.15. The van der Waals surface area contributed by atoms with Crippen molar-refractivity contribution >= 4 is 17.9 Å². The molecule has 2 aromatic heterocycles. The van der Waals surface area contributed by atoms with E-state index in [1.54, 1.807) is 26.8 Å². The third-order valence-corrected chi connectivity index (χ3v) is 5.46. The monoisotopic (exact) mass is 449 g/mol. The minimum atomic E-state index is -0.680. The maximum absolute atomic E-state index is 13.6. The lowest BCUT2D eigenvalue weighted by atomic mass is 9.83. The van der Waals surface area contributed by atoms with E-state index in [-0.39, 0.29) is 17.3 Å². The smallest absolute Gasteiger partial charge is 0.442 e. The second-order valence-corrected chi connectivity index (χ2v) is 8.98. The predicted octanol–water partition coefficient (Wildman–Crippen LogP) is 2.79. The first kappa shape index (κ1) is 21.1. The molecule has 1 amide bonds. The lowest BCUT2D eigenvalue weighted by Crippen LogP contribution is -2.33. The van der Waals surface area contributed by atoms with E-state index in [9.17, 15) is 14.0 Å². The van der Waals surface area contributed by atoms with Gasteiger partial charge in [0.1, 0.15) is 11.4 Å². The number of hydrogen-bond donors (Lipinski definition) is 1. The highest BCUT2D eigenvalue weighted by Crippen LogP contribution is 2.38. The molecule has 4 rings (SSSR count). The zero-order valence-corrected chi connectivity index (χ0v) is 17.9. The van der Waals surface area contributed by atoms with Crippen LogP contribution < -0.4 is 11.1 Å². The quantitative estimate of drug-likeness (QED) is 0.446. The van der Waals surface area contributed by atoms with E-state index in [0.717, 1.165) is 5.56 Å². The number of ether oxygens (including phenoxy) is 1. The molecule has 164 valence electrons. The maximum atomic E-state index is 13.6. The van der Waals surface area contributed by atoms with Gasteiger partial charge in [-0.15, -0.1) is 0 Å². The number of hydrogen-bond acceptors (Lipinski definition) is 9. The van der Waals surface area contributed by atoms with Crippen LogP contribution in [0.4, 0.5) is 9.18 Å². The molecule has 1 aliphatic rings. The van der Waals surface area contributed by atoms with E-state index in [2.05, 4.69) is 20.8 Å². The highest BCUT2D eigenvalue weighted by Gasteiger charge is 2.34. The van der Waals surface area contributed by atoms with Crippen molar-refractivity contribution in [2.24, 2.45) is 0 Å². The molecule has 0 saturated heterocycles. The van der Waals surface area contributed by atoms with Crippen LogP contribution in [-0.2, 0) is 11.2 Å². The Kier molecular flexibility index (Phi) is 5.56. The lowest BCUT2D eigenvalue weighted by molar-refractivity contribution is 0.0531. The molecule has 1 unspecified atom stereocenters. The van der Waals surface area contributed by atoms with Crippen LogP contribution in [0, 0.1) is 5.82 Å². The summed E-state index contributed by atoms with van der Waals surface area (Å²) >= 11 is 1.26. The Bertz CT molecular complexity index is 1170. The Morgan fingerprint density at radius 3 is 2.94 bits per heavy atom. The van der Waals surface area contributed by atoms with Gasteiger partial charge in [0.15, 0.2) is 10.7 Å². The Morgan fingerprint density at radius 2 is 2.16 bits per heavy atom. The molecule has 0 saturated carbocycles. The van der Waals surface area contributed by atoms with Gasteiger partial charge in [-0.25, -0.2) is 23.2 Å². The van der Waals surface area contributed by atoms with E-state index < -0.39 is 23.5 Å². The zero-order valence-electron chi connectivity index (χ0n) is 17.0. The van der Waals surface area contributed by atoms with Crippen molar-refractivity contribution in [1.82, 2.24) is 25.4 Å². The van der Waals surface area contributed by atoms with Crippen LogP contribution in [0.3, 0.4) is 0 Å². The summed E-state index contributed by atoms with van der Waals surface area (Å²) in [7, 11) is 0. The number of alkyl carbamates (subject to hydrolysis) is 1. The van der Waals surface area contributed by atoms with Gasteiger partial charge in [0, 0.05) is 12.3 Å². The van der Waals surface area contributed by atoms with Crippen molar-refractivity contribution in [3.8, 4) is 11.5 Å². The number of aromatic nitrogens is 4. The number of benzene rings is 1. The summed E-state index contributed by atoms with van der Waals surface area (Å²) in [4.78, 5) is 24.0. The van der Waals surface area contributed by atoms with Gasteiger partial charge >= 0.3 is 11.8 Å². The molecular weight excluding hydrogens is 429 g/mol. The van der Waals surface area contributed by atoms with Crippen LogP contribution in [0.15, 0.2) is 37.2 Å². The standard InChI is InChI=1S/C19H20FN5O5S/c1-19(2,3)28-17(26)21-6-7-31-16-14(22-30-24-16)15-23-29-18(27)25(15)13-8-10-4-5-11(20)9-12(10)13/h4-5,9,13H,6-8H2,1-3H3,(H,21,26). The number of nitrogens with one attached hydrogen (secondary N) is 1. The van der Waals surface area contributed by atoms with Crippen molar-refractivity contribution in [3.63, 3.8) is 0 Å².